The van der Waals surface area contributed by atoms with E-state index in [1.807, 2.05) is 36.2 Å². The number of ether oxygens (including phenoxy) is 1. The second-order valence-electron chi connectivity index (χ2n) is 11.0. The molecule has 1 heterocycles. The van der Waals surface area contributed by atoms with Crippen molar-refractivity contribution in [3.8, 4) is 5.75 Å². The molecule has 232 valence electrons. The van der Waals surface area contributed by atoms with Crippen molar-refractivity contribution in [2.75, 3.05) is 38.1 Å². The van der Waals surface area contributed by atoms with Crippen molar-refractivity contribution < 1.29 is 19.1 Å². The van der Waals surface area contributed by atoms with E-state index in [-0.39, 0.29) is 17.7 Å². The minimum Gasteiger partial charge on any atom is -0.494 e. The molecule has 1 aliphatic heterocycles. The van der Waals surface area contributed by atoms with Crippen LogP contribution in [0.25, 0.3) is 0 Å². The van der Waals surface area contributed by atoms with Crippen LogP contribution in [0.2, 0.25) is 0 Å². The summed E-state index contributed by atoms with van der Waals surface area (Å²) in [6.45, 7) is 9.03. The topological polar surface area (TPSA) is 103 Å². The van der Waals surface area contributed by atoms with Gasteiger partial charge in [-0.1, -0.05) is 64.7 Å². The Labute approximate surface area is 248 Å². The summed E-state index contributed by atoms with van der Waals surface area (Å²) in [5, 5.41) is 12.7. The second kappa shape index (κ2) is 21.0. The third kappa shape index (κ3) is 14.6. The second-order valence-corrected chi connectivity index (χ2v) is 11.0. The van der Waals surface area contributed by atoms with Crippen LogP contribution in [0.4, 0.5) is 5.69 Å². The van der Waals surface area contributed by atoms with Crippen LogP contribution in [0.3, 0.4) is 0 Å². The number of benzene rings is 1. The van der Waals surface area contributed by atoms with E-state index >= 15 is 0 Å². The monoisotopic (exact) mass is 573 g/mol. The number of unbranched alkanes of at least 4 members (excludes halogenated alkanes) is 9. The lowest BCUT2D eigenvalue weighted by Crippen LogP contribution is -2.56. The molecule has 1 saturated heterocycles. The minimum atomic E-state index is -0.862. The van der Waals surface area contributed by atoms with Crippen LogP contribution in [-0.4, -0.2) is 66.7 Å². The summed E-state index contributed by atoms with van der Waals surface area (Å²) < 4.78 is 5.80. The highest BCUT2D eigenvalue weighted by Gasteiger charge is 2.29. The Balaban J connectivity index is 1.61. The number of hydrogen-bond acceptors (Lipinski definition) is 6. The standard InChI is InChI=1S/C32H55N5O4/c1-4-6-7-8-9-10-11-12-13-14-23-33-30(39)18-17-26-41-29-21-19-28(20-22-29)35-31(34-27(3)38)32(40)37(5-2)36-24-15-16-25-36/h19-22,31,35H,4-18,23-26H2,1-3H3,(H,33,39)(H,34,38). The zero-order chi connectivity index (χ0) is 29.7. The van der Waals surface area contributed by atoms with Crippen LogP contribution in [0.5, 0.6) is 5.75 Å². The highest BCUT2D eigenvalue weighted by atomic mass is 16.5. The summed E-state index contributed by atoms with van der Waals surface area (Å²) in [7, 11) is 0. The summed E-state index contributed by atoms with van der Waals surface area (Å²) in [4.78, 5) is 37.1. The lowest BCUT2D eigenvalue weighted by Gasteiger charge is -2.34. The fraction of sp³-hybridized carbons (Fsp3) is 0.719. The first-order chi connectivity index (χ1) is 19.9. The summed E-state index contributed by atoms with van der Waals surface area (Å²) in [6.07, 6.45) is 15.2. The van der Waals surface area contributed by atoms with Crippen LogP contribution in [0.15, 0.2) is 24.3 Å². The normalized spacial score (nSPS) is 13.9. The molecule has 3 amide bonds. The maximum atomic E-state index is 13.2. The van der Waals surface area contributed by atoms with Crippen LogP contribution in [-0.2, 0) is 14.4 Å². The van der Waals surface area contributed by atoms with Crippen molar-refractivity contribution in [3.63, 3.8) is 0 Å². The molecule has 0 aromatic heterocycles. The van der Waals surface area contributed by atoms with Gasteiger partial charge in [0.25, 0.3) is 5.91 Å². The molecule has 0 bridgehead atoms. The molecule has 1 unspecified atom stereocenters. The molecule has 1 aromatic rings. The number of nitrogens with one attached hydrogen (secondary N) is 3. The Morgan fingerprint density at radius 1 is 0.878 bits per heavy atom. The summed E-state index contributed by atoms with van der Waals surface area (Å²) in [5.74, 6) is 0.306. The predicted molar refractivity (Wildman–Crippen MR) is 165 cm³/mol. The molecule has 9 nitrogen and oxygen atoms in total. The number of hydrazine groups is 1. The molecule has 2 rings (SSSR count). The van der Waals surface area contributed by atoms with Gasteiger partial charge in [0, 0.05) is 45.2 Å². The Kier molecular flexibility index (Phi) is 17.6. The van der Waals surface area contributed by atoms with Crippen molar-refractivity contribution >= 4 is 23.4 Å². The largest absolute Gasteiger partial charge is 0.494 e. The van der Waals surface area contributed by atoms with E-state index in [1.54, 1.807) is 5.01 Å². The first-order valence-electron chi connectivity index (χ1n) is 16.0. The molecule has 0 spiro atoms. The van der Waals surface area contributed by atoms with Gasteiger partial charge in [0.1, 0.15) is 5.75 Å². The third-order valence-corrected chi connectivity index (χ3v) is 7.41. The Bertz CT molecular complexity index is 873. The molecule has 3 N–H and O–H groups in total. The van der Waals surface area contributed by atoms with Crippen LogP contribution >= 0.6 is 0 Å². The molecule has 1 fully saturated rings. The number of anilines is 1. The van der Waals surface area contributed by atoms with E-state index in [9.17, 15) is 14.4 Å². The van der Waals surface area contributed by atoms with Gasteiger partial charge in [0.05, 0.1) is 6.61 Å². The minimum absolute atomic E-state index is 0.0767. The molecule has 41 heavy (non-hydrogen) atoms. The molecule has 0 saturated carbocycles. The maximum absolute atomic E-state index is 13.2. The van der Waals surface area contributed by atoms with Gasteiger partial charge in [0.2, 0.25) is 11.8 Å². The van der Waals surface area contributed by atoms with E-state index < -0.39 is 6.17 Å². The first-order valence-corrected chi connectivity index (χ1v) is 16.0. The quantitative estimate of drug-likeness (QED) is 0.123. The smallest absolute Gasteiger partial charge is 0.280 e. The molecular weight excluding hydrogens is 518 g/mol. The van der Waals surface area contributed by atoms with Gasteiger partial charge in [-0.25, -0.2) is 5.01 Å². The highest BCUT2D eigenvalue weighted by molar-refractivity contribution is 5.88. The van der Waals surface area contributed by atoms with E-state index in [0.29, 0.717) is 37.4 Å². The number of amides is 3. The number of nitrogens with zero attached hydrogens (tertiary/aromatic N) is 2. The zero-order valence-corrected chi connectivity index (χ0v) is 25.8. The van der Waals surface area contributed by atoms with Gasteiger partial charge in [-0.2, -0.15) is 0 Å². The van der Waals surface area contributed by atoms with E-state index in [1.165, 1.54) is 64.7 Å². The van der Waals surface area contributed by atoms with Crippen molar-refractivity contribution in [1.82, 2.24) is 20.7 Å². The highest BCUT2D eigenvalue weighted by Crippen LogP contribution is 2.18. The number of carbonyl (C=O) groups is 3. The van der Waals surface area contributed by atoms with Crippen molar-refractivity contribution in [3.05, 3.63) is 24.3 Å². The van der Waals surface area contributed by atoms with Gasteiger partial charge in [-0.15, -0.1) is 0 Å². The van der Waals surface area contributed by atoms with Crippen molar-refractivity contribution in [2.24, 2.45) is 0 Å². The van der Waals surface area contributed by atoms with Gasteiger partial charge in [-0.05, 0) is 56.9 Å². The summed E-state index contributed by atoms with van der Waals surface area (Å²) >= 11 is 0. The van der Waals surface area contributed by atoms with E-state index in [4.69, 9.17) is 4.74 Å². The van der Waals surface area contributed by atoms with Crippen LogP contribution in [0.1, 0.15) is 111 Å². The number of rotatable bonds is 22. The fourth-order valence-corrected chi connectivity index (χ4v) is 5.11. The Hall–Kier alpha value is -2.81. The molecule has 1 aliphatic rings. The van der Waals surface area contributed by atoms with Gasteiger partial charge in [-0.3, -0.25) is 19.4 Å². The van der Waals surface area contributed by atoms with Gasteiger partial charge >= 0.3 is 0 Å². The zero-order valence-electron chi connectivity index (χ0n) is 25.8. The molecule has 0 aliphatic carbocycles. The number of carbonyl (C=O) groups excluding carboxylic acids is 3. The van der Waals surface area contributed by atoms with E-state index in [2.05, 4.69) is 22.9 Å². The van der Waals surface area contributed by atoms with Crippen molar-refractivity contribution in [1.29, 1.82) is 0 Å². The molecular formula is C32H55N5O4. The third-order valence-electron chi connectivity index (χ3n) is 7.41. The number of hydrogen-bond donors (Lipinski definition) is 3. The lowest BCUT2D eigenvalue weighted by atomic mass is 10.1. The Morgan fingerprint density at radius 2 is 1.49 bits per heavy atom. The lowest BCUT2D eigenvalue weighted by molar-refractivity contribution is -0.149. The molecule has 0 radical (unpaired) electrons. The average Bonchev–Trinajstić information content (AvgIpc) is 3.49. The predicted octanol–water partition coefficient (Wildman–Crippen LogP) is 5.62. The molecule has 9 heteroatoms. The van der Waals surface area contributed by atoms with Crippen LogP contribution in [0, 0.1) is 0 Å². The summed E-state index contributed by atoms with van der Waals surface area (Å²) in [6, 6.07) is 7.29. The molecule has 1 atom stereocenters. The van der Waals surface area contributed by atoms with Crippen LogP contribution < -0.4 is 20.7 Å². The first kappa shape index (κ1) is 34.4. The molecule has 1 aromatic carbocycles. The number of likely N-dealkylation sites (N-methyl/N-ethyl adjacent to an activating group) is 1. The van der Waals surface area contributed by atoms with Gasteiger partial charge < -0.3 is 20.7 Å². The van der Waals surface area contributed by atoms with Crippen molar-refractivity contribution in [2.45, 2.75) is 117 Å². The maximum Gasteiger partial charge on any atom is 0.280 e. The average molecular weight is 574 g/mol. The SMILES string of the molecule is CCCCCCCCCCCCNC(=O)CCCOc1ccc(NC(NC(C)=O)C(=O)N(CC)N2CCCC2)cc1. The van der Waals surface area contributed by atoms with E-state index in [0.717, 1.165) is 38.9 Å². The Morgan fingerprint density at radius 3 is 2.07 bits per heavy atom. The fourth-order valence-electron chi connectivity index (χ4n) is 5.11. The van der Waals surface area contributed by atoms with Gasteiger partial charge in [0.15, 0.2) is 6.17 Å². The summed E-state index contributed by atoms with van der Waals surface area (Å²) in [5.41, 5.74) is 0.702.